The highest BCUT2D eigenvalue weighted by Crippen LogP contribution is 2.18. The van der Waals surface area contributed by atoms with Crippen molar-refractivity contribution in [3.05, 3.63) is 44.7 Å². The molecular weight excluding hydrogens is 374 g/mol. The molecule has 8 heteroatoms. The van der Waals surface area contributed by atoms with Crippen molar-refractivity contribution in [2.45, 2.75) is 12.5 Å². The third kappa shape index (κ3) is 3.07. The molecule has 0 saturated carbocycles. The van der Waals surface area contributed by atoms with Crippen molar-refractivity contribution >= 4 is 42.6 Å². The zero-order valence-corrected chi connectivity index (χ0v) is 13.7. The first-order valence-electron chi connectivity index (χ1n) is 6.59. The molecule has 1 aromatic heterocycles. The van der Waals surface area contributed by atoms with Gasteiger partial charge in [-0.3, -0.25) is 9.59 Å². The van der Waals surface area contributed by atoms with Gasteiger partial charge >= 0.3 is 0 Å². The molecule has 1 saturated heterocycles. The highest BCUT2D eigenvalue weighted by Gasteiger charge is 2.29. The summed E-state index contributed by atoms with van der Waals surface area (Å²) in [4.78, 5) is 24.2. The zero-order chi connectivity index (χ0) is 15.9. The molecule has 22 heavy (non-hydrogen) atoms. The van der Waals surface area contributed by atoms with Crippen molar-refractivity contribution in [2.24, 2.45) is 0 Å². The molecule has 0 bridgehead atoms. The molecule has 1 amide bonds. The largest absolute Gasteiger partial charge is 0.451 e. The second-order valence-corrected chi connectivity index (χ2v) is 8.33. The standard InChI is InChI=1S/C14H12BrNO5S/c15-8-1-2-12-10(5-8)11(17)6-13(21-12)14(18)16-9-3-4-22(19,20)7-9/h1-2,5-6,9H,3-4,7H2,(H,16,18)/t9-/m0/s1. The highest BCUT2D eigenvalue weighted by atomic mass is 79.9. The molecule has 2 aromatic rings. The number of hydrogen-bond donors (Lipinski definition) is 1. The van der Waals surface area contributed by atoms with Crippen molar-refractivity contribution < 1.29 is 17.6 Å². The van der Waals surface area contributed by atoms with E-state index in [0.717, 1.165) is 10.5 Å². The number of nitrogens with one attached hydrogen (secondary N) is 1. The zero-order valence-electron chi connectivity index (χ0n) is 11.3. The number of halogens is 1. The maximum absolute atomic E-state index is 12.1. The van der Waals surface area contributed by atoms with Gasteiger partial charge in [0.25, 0.3) is 5.91 Å². The number of hydrogen-bond acceptors (Lipinski definition) is 5. The quantitative estimate of drug-likeness (QED) is 0.844. The van der Waals surface area contributed by atoms with Crippen LogP contribution in [0.3, 0.4) is 0 Å². The summed E-state index contributed by atoms with van der Waals surface area (Å²) >= 11 is 3.27. The van der Waals surface area contributed by atoms with Gasteiger partial charge in [0.1, 0.15) is 5.58 Å². The van der Waals surface area contributed by atoms with Crippen LogP contribution in [0.5, 0.6) is 0 Å². The number of benzene rings is 1. The van der Waals surface area contributed by atoms with Crippen LogP contribution >= 0.6 is 15.9 Å². The molecule has 1 fully saturated rings. The summed E-state index contributed by atoms with van der Waals surface area (Å²) in [6.07, 6.45) is 0.374. The van der Waals surface area contributed by atoms with Gasteiger partial charge in [0, 0.05) is 16.6 Å². The molecule has 1 aliphatic heterocycles. The molecule has 0 unspecified atom stereocenters. The Morgan fingerprint density at radius 2 is 2.09 bits per heavy atom. The predicted molar refractivity (Wildman–Crippen MR) is 84.7 cm³/mol. The van der Waals surface area contributed by atoms with Crippen LogP contribution in [0.1, 0.15) is 17.0 Å². The van der Waals surface area contributed by atoms with Crippen molar-refractivity contribution in [1.29, 1.82) is 0 Å². The summed E-state index contributed by atoms with van der Waals surface area (Å²) < 4.78 is 29.0. The third-order valence-electron chi connectivity index (χ3n) is 3.48. The Kier molecular flexibility index (Phi) is 3.82. The van der Waals surface area contributed by atoms with Gasteiger partial charge in [-0.1, -0.05) is 15.9 Å². The summed E-state index contributed by atoms with van der Waals surface area (Å²) in [7, 11) is -3.08. The lowest BCUT2D eigenvalue weighted by atomic mass is 10.2. The molecule has 6 nitrogen and oxygen atoms in total. The van der Waals surface area contributed by atoms with Crippen LogP contribution in [-0.2, 0) is 9.84 Å². The number of amides is 1. The minimum absolute atomic E-state index is 0.0631. The maximum atomic E-state index is 12.1. The van der Waals surface area contributed by atoms with E-state index in [0.29, 0.717) is 17.4 Å². The fraction of sp³-hybridized carbons (Fsp3) is 0.286. The van der Waals surface area contributed by atoms with Crippen LogP contribution < -0.4 is 10.7 Å². The van der Waals surface area contributed by atoms with Crippen LogP contribution in [0, 0.1) is 0 Å². The Hall–Kier alpha value is -1.67. The van der Waals surface area contributed by atoms with E-state index in [4.69, 9.17) is 4.42 Å². The van der Waals surface area contributed by atoms with E-state index in [1.165, 1.54) is 0 Å². The molecule has 116 valence electrons. The summed E-state index contributed by atoms with van der Waals surface area (Å²) in [5, 5.41) is 2.96. The van der Waals surface area contributed by atoms with Gasteiger partial charge in [0.15, 0.2) is 21.0 Å². The summed E-state index contributed by atoms with van der Waals surface area (Å²) in [6.45, 7) is 0. The number of rotatable bonds is 2. The minimum Gasteiger partial charge on any atom is -0.451 e. The molecule has 1 atom stereocenters. The predicted octanol–water partition coefficient (Wildman–Crippen LogP) is 1.47. The van der Waals surface area contributed by atoms with E-state index < -0.39 is 21.8 Å². The minimum atomic E-state index is -3.08. The lowest BCUT2D eigenvalue weighted by Gasteiger charge is -2.10. The smallest absolute Gasteiger partial charge is 0.287 e. The van der Waals surface area contributed by atoms with Gasteiger partial charge in [-0.2, -0.15) is 0 Å². The summed E-state index contributed by atoms with van der Waals surface area (Å²) in [5.74, 6) is -0.718. The van der Waals surface area contributed by atoms with Gasteiger partial charge in [-0.25, -0.2) is 8.42 Å². The first kappa shape index (κ1) is 15.2. The molecule has 0 aliphatic carbocycles. The molecule has 0 spiro atoms. The number of fused-ring (bicyclic) bond motifs is 1. The Bertz CT molecular complexity index is 918. The van der Waals surface area contributed by atoms with Crippen LogP contribution in [0.2, 0.25) is 0 Å². The Morgan fingerprint density at radius 1 is 1.32 bits per heavy atom. The Labute approximate surface area is 134 Å². The van der Waals surface area contributed by atoms with E-state index in [1.54, 1.807) is 18.2 Å². The van der Waals surface area contributed by atoms with Gasteiger partial charge in [0.2, 0.25) is 0 Å². The summed E-state index contributed by atoms with van der Waals surface area (Å²) in [5.41, 5.74) is -0.0216. The van der Waals surface area contributed by atoms with Crippen molar-refractivity contribution in [3.8, 4) is 0 Å². The van der Waals surface area contributed by atoms with Crippen LogP contribution in [-0.4, -0.2) is 31.9 Å². The SMILES string of the molecule is O=C(N[C@H]1CCS(=O)(=O)C1)c1cc(=O)c2cc(Br)ccc2o1. The number of carbonyl (C=O) groups excluding carboxylic acids is 1. The van der Waals surface area contributed by atoms with Crippen LogP contribution in [0.4, 0.5) is 0 Å². The van der Waals surface area contributed by atoms with E-state index in [1.807, 2.05) is 0 Å². The first-order valence-corrected chi connectivity index (χ1v) is 9.20. The number of carbonyl (C=O) groups is 1. The van der Waals surface area contributed by atoms with E-state index in [-0.39, 0.29) is 22.7 Å². The van der Waals surface area contributed by atoms with Crippen LogP contribution in [0.25, 0.3) is 11.0 Å². The van der Waals surface area contributed by atoms with Crippen molar-refractivity contribution in [2.75, 3.05) is 11.5 Å². The van der Waals surface area contributed by atoms with Gasteiger partial charge < -0.3 is 9.73 Å². The fourth-order valence-corrected chi connectivity index (χ4v) is 4.44. The molecule has 2 heterocycles. The molecule has 1 N–H and O–H groups in total. The molecular formula is C14H12BrNO5S. The second-order valence-electron chi connectivity index (χ2n) is 5.19. The van der Waals surface area contributed by atoms with Crippen molar-refractivity contribution in [3.63, 3.8) is 0 Å². The lowest BCUT2D eigenvalue weighted by Crippen LogP contribution is -2.35. The monoisotopic (exact) mass is 385 g/mol. The average Bonchev–Trinajstić information content (AvgIpc) is 2.78. The van der Waals surface area contributed by atoms with Gasteiger partial charge in [-0.15, -0.1) is 0 Å². The van der Waals surface area contributed by atoms with Crippen molar-refractivity contribution in [1.82, 2.24) is 5.32 Å². The molecule has 3 rings (SSSR count). The fourth-order valence-electron chi connectivity index (χ4n) is 2.41. The van der Waals surface area contributed by atoms with Gasteiger partial charge in [-0.05, 0) is 24.6 Å². The average molecular weight is 386 g/mol. The van der Waals surface area contributed by atoms with E-state index in [2.05, 4.69) is 21.2 Å². The molecule has 1 aromatic carbocycles. The Morgan fingerprint density at radius 3 is 2.77 bits per heavy atom. The number of sulfone groups is 1. The van der Waals surface area contributed by atoms with E-state index >= 15 is 0 Å². The van der Waals surface area contributed by atoms with E-state index in [9.17, 15) is 18.0 Å². The first-order chi connectivity index (χ1) is 10.3. The molecule has 0 radical (unpaired) electrons. The van der Waals surface area contributed by atoms with Crippen LogP contribution in [0.15, 0.2) is 37.9 Å². The van der Waals surface area contributed by atoms with Gasteiger partial charge in [0.05, 0.1) is 16.9 Å². The normalized spacial score (nSPS) is 20.1. The lowest BCUT2D eigenvalue weighted by molar-refractivity contribution is 0.0913. The Balaban J connectivity index is 1.89. The molecule has 1 aliphatic rings. The maximum Gasteiger partial charge on any atom is 0.287 e. The topological polar surface area (TPSA) is 93.5 Å². The second kappa shape index (κ2) is 5.51. The highest BCUT2D eigenvalue weighted by molar-refractivity contribution is 9.10. The third-order valence-corrected chi connectivity index (χ3v) is 5.74. The summed E-state index contributed by atoms with van der Waals surface area (Å²) in [6, 6.07) is 5.59.